The van der Waals surface area contributed by atoms with E-state index in [-0.39, 0.29) is 18.9 Å². The number of hydrogen-bond donors (Lipinski definition) is 3. The first-order valence-electron chi connectivity index (χ1n) is 14.4. The van der Waals surface area contributed by atoms with Crippen molar-refractivity contribution in [3.63, 3.8) is 0 Å². The largest absolute Gasteiger partial charge is 0.491 e. The number of nitrogens with one attached hydrogen (secondary N) is 1. The molecule has 0 aliphatic rings. The van der Waals surface area contributed by atoms with Gasteiger partial charge in [0.25, 0.3) is 0 Å². The van der Waals surface area contributed by atoms with Crippen LogP contribution in [0.1, 0.15) is 18.0 Å². The zero-order valence-corrected chi connectivity index (χ0v) is 24.8. The monoisotopic (exact) mass is 597 g/mol. The summed E-state index contributed by atoms with van der Waals surface area (Å²) in [4.78, 5) is 23.8. The highest BCUT2D eigenvalue weighted by molar-refractivity contribution is 6.00. The lowest BCUT2D eigenvalue weighted by molar-refractivity contribution is -0.141. The molecule has 3 rings (SSSR count). The minimum atomic E-state index is -0.537. The van der Waals surface area contributed by atoms with Gasteiger partial charge in [-0.15, -0.1) is 0 Å². The highest BCUT2D eigenvalue weighted by Gasteiger charge is 2.19. The van der Waals surface area contributed by atoms with Crippen LogP contribution in [0.3, 0.4) is 0 Å². The SMILES string of the molecule is COC(=O)CC(NC(=O)CN)c1ccc(-c2ccc(OCCOCCOCCOCCOCCN)c3ccccc23)cc1. The van der Waals surface area contributed by atoms with Crippen molar-refractivity contribution in [2.75, 3.05) is 79.7 Å². The Hall–Kier alpha value is -3.58. The summed E-state index contributed by atoms with van der Waals surface area (Å²) in [5.74, 6) is 0.000411. The van der Waals surface area contributed by atoms with Crippen LogP contribution in [0.4, 0.5) is 0 Å². The topological polar surface area (TPSA) is 154 Å². The molecule has 3 aromatic rings. The number of hydrogen-bond acceptors (Lipinski definition) is 10. The molecule has 0 aromatic heterocycles. The first-order chi connectivity index (χ1) is 21.1. The maximum absolute atomic E-state index is 11.9. The maximum Gasteiger partial charge on any atom is 0.307 e. The van der Waals surface area contributed by atoms with E-state index < -0.39 is 12.0 Å². The van der Waals surface area contributed by atoms with Gasteiger partial charge in [-0.2, -0.15) is 0 Å². The molecular weight excluding hydrogens is 554 g/mol. The highest BCUT2D eigenvalue weighted by atomic mass is 16.6. The molecule has 0 radical (unpaired) electrons. The summed E-state index contributed by atoms with van der Waals surface area (Å²) in [6, 6.07) is 19.2. The predicted molar refractivity (Wildman–Crippen MR) is 164 cm³/mol. The van der Waals surface area contributed by atoms with Gasteiger partial charge >= 0.3 is 5.97 Å². The molecule has 43 heavy (non-hydrogen) atoms. The summed E-state index contributed by atoms with van der Waals surface area (Å²) < 4.78 is 32.6. The minimum Gasteiger partial charge on any atom is -0.491 e. The van der Waals surface area contributed by atoms with E-state index in [0.717, 1.165) is 33.2 Å². The Balaban J connectivity index is 1.50. The van der Waals surface area contributed by atoms with Crippen LogP contribution in [0.5, 0.6) is 5.75 Å². The van der Waals surface area contributed by atoms with Crippen LogP contribution in [-0.2, 0) is 33.3 Å². The number of ether oxygens (including phenoxy) is 6. The molecule has 0 bridgehead atoms. The van der Waals surface area contributed by atoms with Crippen molar-refractivity contribution < 1.29 is 38.0 Å². The molecule has 11 nitrogen and oxygen atoms in total. The summed E-state index contributed by atoms with van der Waals surface area (Å²) in [5, 5.41) is 4.81. The lowest BCUT2D eigenvalue weighted by Crippen LogP contribution is -2.35. The Morgan fingerprint density at radius 3 is 1.88 bits per heavy atom. The number of esters is 1. The van der Waals surface area contributed by atoms with Crippen molar-refractivity contribution in [2.24, 2.45) is 11.5 Å². The average Bonchev–Trinajstić information content (AvgIpc) is 3.04. The number of carbonyl (C=O) groups excluding carboxylic acids is 2. The third-order valence-corrected chi connectivity index (χ3v) is 6.49. The second kappa shape index (κ2) is 19.6. The number of fused-ring (bicyclic) bond motifs is 1. The van der Waals surface area contributed by atoms with Crippen molar-refractivity contribution >= 4 is 22.6 Å². The molecule has 0 heterocycles. The zero-order valence-electron chi connectivity index (χ0n) is 24.8. The molecule has 0 spiro atoms. The van der Waals surface area contributed by atoms with Crippen molar-refractivity contribution in [2.45, 2.75) is 12.5 Å². The van der Waals surface area contributed by atoms with Gasteiger partial charge in [0.15, 0.2) is 0 Å². The number of methoxy groups -OCH3 is 1. The van der Waals surface area contributed by atoms with Crippen LogP contribution < -0.4 is 21.5 Å². The molecule has 1 atom stereocenters. The molecule has 11 heteroatoms. The summed E-state index contributed by atoms with van der Waals surface area (Å²) in [5.41, 5.74) is 13.6. The van der Waals surface area contributed by atoms with E-state index in [9.17, 15) is 9.59 Å². The van der Waals surface area contributed by atoms with Gasteiger partial charge < -0.3 is 45.2 Å². The number of rotatable bonds is 21. The lowest BCUT2D eigenvalue weighted by atomic mass is 9.95. The number of nitrogens with two attached hydrogens (primary N) is 2. The van der Waals surface area contributed by atoms with Crippen LogP contribution in [0, 0.1) is 0 Å². The second-order valence-corrected chi connectivity index (χ2v) is 9.47. The van der Waals surface area contributed by atoms with E-state index in [0.29, 0.717) is 66.0 Å². The standard InChI is InChI=1S/C32H43N3O8/c1-38-32(37)22-29(35-31(36)23-34)25-8-6-24(7-9-25)26-10-11-30(28-5-3-2-4-27(26)28)43-21-20-42-19-18-41-17-16-40-15-14-39-13-12-33/h2-11,29H,12-23,33-34H2,1H3,(H,35,36). The number of carbonyl (C=O) groups is 2. The Morgan fingerprint density at radius 1 is 0.721 bits per heavy atom. The zero-order chi connectivity index (χ0) is 30.7. The molecular formula is C32H43N3O8. The molecule has 0 saturated carbocycles. The molecule has 3 aromatic carbocycles. The predicted octanol–water partition coefficient (Wildman–Crippen LogP) is 2.59. The molecule has 5 N–H and O–H groups in total. The Bertz CT molecular complexity index is 1240. The van der Waals surface area contributed by atoms with E-state index in [2.05, 4.69) is 11.4 Å². The van der Waals surface area contributed by atoms with Gasteiger partial charge in [0.1, 0.15) is 12.4 Å². The summed E-state index contributed by atoms with van der Waals surface area (Å²) in [7, 11) is 1.32. The van der Waals surface area contributed by atoms with Crippen molar-refractivity contribution in [3.8, 4) is 16.9 Å². The van der Waals surface area contributed by atoms with Crippen LogP contribution in [-0.4, -0.2) is 91.5 Å². The van der Waals surface area contributed by atoms with Crippen LogP contribution in [0.25, 0.3) is 21.9 Å². The van der Waals surface area contributed by atoms with Crippen LogP contribution in [0.2, 0.25) is 0 Å². The van der Waals surface area contributed by atoms with E-state index in [1.54, 1.807) is 0 Å². The minimum absolute atomic E-state index is 0.00864. The molecule has 0 saturated heterocycles. The van der Waals surface area contributed by atoms with Crippen molar-refractivity contribution in [1.82, 2.24) is 5.32 Å². The molecule has 234 valence electrons. The quantitative estimate of drug-likeness (QED) is 0.123. The van der Waals surface area contributed by atoms with Crippen LogP contribution >= 0.6 is 0 Å². The fourth-order valence-corrected chi connectivity index (χ4v) is 4.36. The van der Waals surface area contributed by atoms with Gasteiger partial charge in [-0.05, 0) is 28.1 Å². The molecule has 1 amide bonds. The smallest absolute Gasteiger partial charge is 0.307 e. The molecule has 0 aliphatic carbocycles. The van der Waals surface area contributed by atoms with Gasteiger partial charge in [-0.25, -0.2) is 0 Å². The van der Waals surface area contributed by atoms with E-state index in [4.69, 9.17) is 39.9 Å². The van der Waals surface area contributed by atoms with Crippen molar-refractivity contribution in [3.05, 3.63) is 66.2 Å². The van der Waals surface area contributed by atoms with Gasteiger partial charge in [-0.1, -0.05) is 54.6 Å². The highest BCUT2D eigenvalue weighted by Crippen LogP contribution is 2.35. The van der Waals surface area contributed by atoms with E-state index in [1.807, 2.05) is 54.6 Å². The average molecular weight is 598 g/mol. The summed E-state index contributed by atoms with van der Waals surface area (Å²) >= 11 is 0. The summed E-state index contributed by atoms with van der Waals surface area (Å²) in [6.45, 7) is 4.72. The first kappa shape index (κ1) is 33.9. The molecule has 0 fully saturated rings. The van der Waals surface area contributed by atoms with Gasteiger partial charge in [0.2, 0.25) is 5.91 Å². The molecule has 1 unspecified atom stereocenters. The number of amides is 1. The molecule has 0 aliphatic heterocycles. The fourth-order valence-electron chi connectivity index (χ4n) is 4.36. The summed E-state index contributed by atoms with van der Waals surface area (Å²) in [6.07, 6.45) is 0.00864. The third-order valence-electron chi connectivity index (χ3n) is 6.49. The Morgan fingerprint density at radius 2 is 1.30 bits per heavy atom. The third kappa shape index (κ3) is 11.6. The van der Waals surface area contributed by atoms with Gasteiger partial charge in [0.05, 0.1) is 79.0 Å². The second-order valence-electron chi connectivity index (χ2n) is 9.47. The van der Waals surface area contributed by atoms with E-state index >= 15 is 0 Å². The first-order valence-corrected chi connectivity index (χ1v) is 14.4. The van der Waals surface area contributed by atoms with Gasteiger partial charge in [0, 0.05) is 11.9 Å². The van der Waals surface area contributed by atoms with E-state index in [1.165, 1.54) is 7.11 Å². The maximum atomic E-state index is 11.9. The van der Waals surface area contributed by atoms with Gasteiger partial charge in [-0.3, -0.25) is 9.59 Å². The lowest BCUT2D eigenvalue weighted by Gasteiger charge is -2.18. The van der Waals surface area contributed by atoms with Crippen LogP contribution in [0.15, 0.2) is 60.7 Å². The normalized spacial score (nSPS) is 11.8. The fraction of sp³-hybridized carbons (Fsp3) is 0.438. The Labute approximate surface area is 252 Å². The Kier molecular flexibility index (Phi) is 15.4. The van der Waals surface area contributed by atoms with Crippen molar-refractivity contribution in [1.29, 1.82) is 0 Å². The number of benzene rings is 3.